The van der Waals surface area contributed by atoms with Crippen LogP contribution in [0.1, 0.15) is 31.8 Å². The first kappa shape index (κ1) is 19.5. The number of nitrogens with zero attached hydrogens (tertiary/aromatic N) is 1. The lowest BCUT2D eigenvalue weighted by atomic mass is 10.0. The molecular weight excluding hydrogens is 362 g/mol. The number of methoxy groups -OCH3 is 4. The third-order valence-electron chi connectivity index (χ3n) is 4.92. The minimum atomic E-state index is -0.112. The van der Waals surface area contributed by atoms with Crippen molar-refractivity contribution in [1.82, 2.24) is 4.90 Å². The van der Waals surface area contributed by atoms with Crippen molar-refractivity contribution in [2.24, 2.45) is 0 Å². The van der Waals surface area contributed by atoms with Gasteiger partial charge in [-0.1, -0.05) is 6.07 Å². The van der Waals surface area contributed by atoms with Gasteiger partial charge in [0, 0.05) is 18.7 Å². The van der Waals surface area contributed by atoms with Gasteiger partial charge in [0.05, 0.1) is 34.0 Å². The molecule has 0 bridgehead atoms. The molecule has 3 rings (SSSR count). The minimum absolute atomic E-state index is 0.112. The van der Waals surface area contributed by atoms with Crippen molar-refractivity contribution in [3.8, 4) is 23.0 Å². The molecule has 1 aliphatic rings. The number of carbonyl (C=O) groups excluding carboxylic acids is 2. The first-order valence-corrected chi connectivity index (χ1v) is 8.81. The SMILES string of the molecule is COc1cc(C=O)c(CCN2Cc3ccc(OC)c(OC)c3C2=O)cc1OC. The number of ether oxygens (including phenoxy) is 4. The molecule has 148 valence electrons. The van der Waals surface area contributed by atoms with Crippen LogP contribution < -0.4 is 18.9 Å². The van der Waals surface area contributed by atoms with Crippen LogP contribution in [0.25, 0.3) is 0 Å². The highest BCUT2D eigenvalue weighted by atomic mass is 16.5. The van der Waals surface area contributed by atoms with E-state index in [9.17, 15) is 9.59 Å². The molecule has 28 heavy (non-hydrogen) atoms. The van der Waals surface area contributed by atoms with Crippen molar-refractivity contribution in [2.45, 2.75) is 13.0 Å². The molecule has 0 fully saturated rings. The third kappa shape index (κ3) is 3.35. The van der Waals surface area contributed by atoms with Gasteiger partial charge in [0.15, 0.2) is 23.0 Å². The second-order valence-corrected chi connectivity index (χ2v) is 6.34. The monoisotopic (exact) mass is 385 g/mol. The first-order chi connectivity index (χ1) is 13.6. The zero-order valence-electron chi connectivity index (χ0n) is 16.4. The van der Waals surface area contributed by atoms with Crippen molar-refractivity contribution >= 4 is 12.2 Å². The normalized spacial score (nSPS) is 12.6. The van der Waals surface area contributed by atoms with Crippen molar-refractivity contribution in [3.63, 3.8) is 0 Å². The zero-order valence-corrected chi connectivity index (χ0v) is 16.4. The molecule has 1 aliphatic heterocycles. The lowest BCUT2D eigenvalue weighted by Gasteiger charge is -2.17. The van der Waals surface area contributed by atoms with E-state index in [-0.39, 0.29) is 5.91 Å². The second kappa shape index (κ2) is 8.21. The Morgan fingerprint density at radius 1 is 0.964 bits per heavy atom. The summed E-state index contributed by atoms with van der Waals surface area (Å²) in [4.78, 5) is 26.1. The number of aldehydes is 1. The predicted molar refractivity (Wildman–Crippen MR) is 103 cm³/mol. The van der Waals surface area contributed by atoms with Crippen LogP contribution in [-0.4, -0.2) is 52.1 Å². The Labute approximate surface area is 163 Å². The summed E-state index contributed by atoms with van der Waals surface area (Å²) in [5, 5.41) is 0. The largest absolute Gasteiger partial charge is 0.493 e. The summed E-state index contributed by atoms with van der Waals surface area (Å²) in [6.45, 7) is 0.938. The van der Waals surface area contributed by atoms with Crippen LogP contribution in [0.4, 0.5) is 0 Å². The molecule has 0 aliphatic carbocycles. The van der Waals surface area contributed by atoms with Crippen LogP contribution in [0.15, 0.2) is 24.3 Å². The van der Waals surface area contributed by atoms with Gasteiger partial charge in [-0.25, -0.2) is 0 Å². The van der Waals surface area contributed by atoms with E-state index >= 15 is 0 Å². The quantitative estimate of drug-likeness (QED) is 0.651. The Bertz CT molecular complexity index is 908. The highest BCUT2D eigenvalue weighted by molar-refractivity contribution is 6.01. The Balaban J connectivity index is 1.83. The van der Waals surface area contributed by atoms with E-state index in [0.29, 0.717) is 53.6 Å². The third-order valence-corrected chi connectivity index (χ3v) is 4.92. The van der Waals surface area contributed by atoms with Gasteiger partial charge in [0.2, 0.25) is 0 Å². The van der Waals surface area contributed by atoms with Crippen LogP contribution in [0.2, 0.25) is 0 Å². The molecule has 1 heterocycles. The fourth-order valence-electron chi connectivity index (χ4n) is 3.47. The molecule has 0 saturated carbocycles. The smallest absolute Gasteiger partial charge is 0.258 e. The minimum Gasteiger partial charge on any atom is -0.493 e. The molecule has 0 aromatic heterocycles. The summed E-state index contributed by atoms with van der Waals surface area (Å²) in [7, 11) is 6.13. The first-order valence-electron chi connectivity index (χ1n) is 8.81. The number of benzene rings is 2. The number of hydrogen-bond donors (Lipinski definition) is 0. The number of carbonyl (C=O) groups is 2. The maximum atomic E-state index is 12.9. The highest BCUT2D eigenvalue weighted by Gasteiger charge is 2.32. The van der Waals surface area contributed by atoms with Crippen LogP contribution in [0, 0.1) is 0 Å². The lowest BCUT2D eigenvalue weighted by molar-refractivity contribution is 0.0777. The van der Waals surface area contributed by atoms with Crippen molar-refractivity contribution in [3.05, 3.63) is 46.5 Å². The molecule has 2 aromatic carbocycles. The average Bonchev–Trinajstić information content (AvgIpc) is 3.06. The van der Waals surface area contributed by atoms with Crippen LogP contribution >= 0.6 is 0 Å². The molecule has 2 aromatic rings. The number of rotatable bonds is 8. The number of amides is 1. The molecular formula is C21H23NO6. The summed E-state index contributed by atoms with van der Waals surface area (Å²) in [6, 6.07) is 7.10. The van der Waals surface area contributed by atoms with Crippen molar-refractivity contribution in [2.75, 3.05) is 35.0 Å². The topological polar surface area (TPSA) is 74.3 Å². The summed E-state index contributed by atoms with van der Waals surface area (Å²) in [6.07, 6.45) is 1.29. The standard InChI is InChI=1S/C21H23NO6/c1-25-16-6-5-14-11-22(21(24)19(14)20(16)28-4)8-7-13-9-17(26-2)18(27-3)10-15(13)12-23/h5-6,9-10,12H,7-8,11H2,1-4H3. The van der Waals surface area contributed by atoms with E-state index < -0.39 is 0 Å². The van der Waals surface area contributed by atoms with E-state index in [1.807, 2.05) is 6.07 Å². The maximum absolute atomic E-state index is 12.9. The zero-order chi connectivity index (χ0) is 20.3. The molecule has 0 N–H and O–H groups in total. The van der Waals surface area contributed by atoms with Crippen LogP contribution in [0.3, 0.4) is 0 Å². The molecule has 7 heteroatoms. The lowest BCUT2D eigenvalue weighted by Crippen LogP contribution is -2.26. The van der Waals surface area contributed by atoms with Gasteiger partial charge in [-0.2, -0.15) is 0 Å². The fraction of sp³-hybridized carbons (Fsp3) is 0.333. The van der Waals surface area contributed by atoms with Crippen molar-refractivity contribution in [1.29, 1.82) is 0 Å². The van der Waals surface area contributed by atoms with Gasteiger partial charge < -0.3 is 23.8 Å². The number of fused-ring (bicyclic) bond motifs is 1. The van der Waals surface area contributed by atoms with E-state index in [1.54, 1.807) is 37.3 Å². The summed E-state index contributed by atoms with van der Waals surface area (Å²) >= 11 is 0. The highest BCUT2D eigenvalue weighted by Crippen LogP contribution is 2.38. The van der Waals surface area contributed by atoms with E-state index in [1.165, 1.54) is 14.2 Å². The Hall–Kier alpha value is -3.22. The molecule has 0 unspecified atom stereocenters. The van der Waals surface area contributed by atoms with E-state index in [0.717, 1.165) is 17.4 Å². The van der Waals surface area contributed by atoms with Crippen LogP contribution in [-0.2, 0) is 13.0 Å². The Morgan fingerprint density at radius 2 is 1.64 bits per heavy atom. The predicted octanol–water partition coefficient (Wildman–Crippen LogP) is 2.73. The van der Waals surface area contributed by atoms with E-state index in [2.05, 4.69) is 0 Å². The van der Waals surface area contributed by atoms with Gasteiger partial charge in [-0.05, 0) is 35.7 Å². The molecule has 0 atom stereocenters. The molecule has 0 saturated heterocycles. The van der Waals surface area contributed by atoms with Crippen LogP contribution in [0.5, 0.6) is 23.0 Å². The molecule has 0 spiro atoms. The summed E-state index contributed by atoms with van der Waals surface area (Å²) in [5.41, 5.74) is 2.73. The van der Waals surface area contributed by atoms with Gasteiger partial charge in [0.1, 0.15) is 6.29 Å². The van der Waals surface area contributed by atoms with Gasteiger partial charge >= 0.3 is 0 Å². The molecule has 1 amide bonds. The summed E-state index contributed by atoms with van der Waals surface area (Å²) in [5.74, 6) is 1.91. The number of hydrogen-bond acceptors (Lipinski definition) is 6. The Kier molecular flexibility index (Phi) is 5.73. The van der Waals surface area contributed by atoms with Gasteiger partial charge in [0.25, 0.3) is 5.91 Å². The van der Waals surface area contributed by atoms with Gasteiger partial charge in [-0.3, -0.25) is 9.59 Å². The average molecular weight is 385 g/mol. The second-order valence-electron chi connectivity index (χ2n) is 6.34. The Morgan fingerprint density at radius 3 is 2.25 bits per heavy atom. The maximum Gasteiger partial charge on any atom is 0.258 e. The molecule has 0 radical (unpaired) electrons. The summed E-state index contributed by atoms with van der Waals surface area (Å²) < 4.78 is 21.3. The van der Waals surface area contributed by atoms with Crippen molar-refractivity contribution < 1.29 is 28.5 Å². The molecule has 7 nitrogen and oxygen atoms in total. The van der Waals surface area contributed by atoms with E-state index in [4.69, 9.17) is 18.9 Å². The van der Waals surface area contributed by atoms with Gasteiger partial charge in [-0.15, -0.1) is 0 Å². The fourth-order valence-corrected chi connectivity index (χ4v) is 3.47.